The van der Waals surface area contributed by atoms with E-state index in [9.17, 15) is 4.79 Å². The highest BCUT2D eigenvalue weighted by Crippen LogP contribution is 2.20. The molecule has 1 aliphatic rings. The van der Waals surface area contributed by atoms with Gasteiger partial charge in [-0.05, 0) is 31.9 Å². The van der Waals surface area contributed by atoms with Crippen LogP contribution in [0.3, 0.4) is 0 Å². The van der Waals surface area contributed by atoms with Crippen molar-refractivity contribution in [2.24, 2.45) is 7.05 Å². The molecule has 0 unspecified atom stereocenters. The fourth-order valence-electron chi connectivity index (χ4n) is 2.85. The van der Waals surface area contributed by atoms with Crippen LogP contribution >= 0.6 is 11.8 Å². The van der Waals surface area contributed by atoms with Crippen molar-refractivity contribution in [2.45, 2.75) is 50.4 Å². The van der Waals surface area contributed by atoms with Crippen LogP contribution in [-0.2, 0) is 18.4 Å². The number of aromatic nitrogens is 3. The number of nitrogens with one attached hydrogen (secondary N) is 1. The summed E-state index contributed by atoms with van der Waals surface area (Å²) in [6.07, 6.45) is 4.62. The number of hydrogen-bond donors (Lipinski definition) is 1. The fraction of sp³-hybridized carbons (Fsp3) is 0.500. The molecule has 1 saturated carbocycles. The Morgan fingerprint density at radius 2 is 2.00 bits per heavy atom. The van der Waals surface area contributed by atoms with E-state index in [1.165, 1.54) is 30.2 Å². The highest BCUT2D eigenvalue weighted by Gasteiger charge is 2.18. The molecular formula is C18H24N4O2S. The largest absolute Gasteiger partial charge is 0.486 e. The second kappa shape index (κ2) is 8.38. The quantitative estimate of drug-likeness (QED) is 0.769. The smallest absolute Gasteiger partial charge is 0.230 e. The van der Waals surface area contributed by atoms with Crippen LogP contribution < -0.4 is 10.1 Å². The fourth-order valence-corrected chi connectivity index (χ4v) is 3.59. The maximum Gasteiger partial charge on any atom is 0.230 e. The van der Waals surface area contributed by atoms with E-state index < -0.39 is 0 Å². The predicted molar refractivity (Wildman–Crippen MR) is 97.6 cm³/mol. The minimum absolute atomic E-state index is 0.0670. The van der Waals surface area contributed by atoms with Crippen molar-refractivity contribution in [3.8, 4) is 5.75 Å². The summed E-state index contributed by atoms with van der Waals surface area (Å²) in [4.78, 5) is 12.0. The van der Waals surface area contributed by atoms with Gasteiger partial charge in [-0.1, -0.05) is 42.3 Å². The van der Waals surface area contributed by atoms with Gasteiger partial charge in [0.1, 0.15) is 12.4 Å². The molecule has 0 atom stereocenters. The molecule has 1 aromatic heterocycles. The minimum Gasteiger partial charge on any atom is -0.486 e. The van der Waals surface area contributed by atoms with Crippen LogP contribution in [0.25, 0.3) is 0 Å². The number of ether oxygens (including phenoxy) is 1. The molecule has 1 N–H and O–H groups in total. The number of nitrogens with zero attached hydrogens (tertiary/aromatic N) is 3. The first-order chi connectivity index (χ1) is 12.1. The monoisotopic (exact) mass is 360 g/mol. The molecule has 3 rings (SSSR count). The van der Waals surface area contributed by atoms with Crippen LogP contribution in [0.1, 0.15) is 37.1 Å². The van der Waals surface area contributed by atoms with Crippen LogP contribution in [0, 0.1) is 6.92 Å². The normalized spacial score (nSPS) is 14.6. The molecule has 0 spiro atoms. The number of thioether (sulfide) groups is 1. The SMILES string of the molecule is Cc1ccc(OCc2nnc(SCC(=O)NC3CCCC3)n2C)cc1. The zero-order valence-electron chi connectivity index (χ0n) is 14.7. The van der Waals surface area contributed by atoms with E-state index in [0.717, 1.165) is 29.6 Å². The molecule has 0 aliphatic heterocycles. The maximum absolute atomic E-state index is 12.0. The van der Waals surface area contributed by atoms with Gasteiger partial charge in [0.05, 0.1) is 5.75 Å². The minimum atomic E-state index is 0.0670. The molecule has 1 heterocycles. The third-order valence-electron chi connectivity index (χ3n) is 4.37. The second-order valence-electron chi connectivity index (χ2n) is 6.40. The molecule has 1 amide bonds. The molecule has 2 aromatic rings. The highest BCUT2D eigenvalue weighted by molar-refractivity contribution is 7.99. The third-order valence-corrected chi connectivity index (χ3v) is 5.39. The van der Waals surface area contributed by atoms with Crippen molar-refractivity contribution in [1.29, 1.82) is 0 Å². The number of rotatable bonds is 7. The zero-order chi connectivity index (χ0) is 17.6. The molecule has 1 fully saturated rings. The maximum atomic E-state index is 12.0. The Labute approximate surface area is 152 Å². The van der Waals surface area contributed by atoms with Gasteiger partial charge in [-0.25, -0.2) is 0 Å². The van der Waals surface area contributed by atoms with Gasteiger partial charge in [0.2, 0.25) is 5.91 Å². The van der Waals surface area contributed by atoms with Crippen LogP contribution in [0.4, 0.5) is 0 Å². The number of hydrogen-bond acceptors (Lipinski definition) is 5. The summed E-state index contributed by atoms with van der Waals surface area (Å²) in [5.41, 5.74) is 1.19. The lowest BCUT2D eigenvalue weighted by molar-refractivity contribution is -0.119. The summed E-state index contributed by atoms with van der Waals surface area (Å²) in [7, 11) is 1.89. The molecule has 1 aromatic carbocycles. The molecule has 1 aliphatic carbocycles. The number of aryl methyl sites for hydroxylation is 1. The highest BCUT2D eigenvalue weighted by atomic mass is 32.2. The Kier molecular flexibility index (Phi) is 5.96. The first kappa shape index (κ1) is 17.8. The van der Waals surface area contributed by atoms with Crippen molar-refractivity contribution in [1.82, 2.24) is 20.1 Å². The Hall–Kier alpha value is -2.02. The van der Waals surface area contributed by atoms with Gasteiger partial charge in [-0.3, -0.25) is 4.79 Å². The topological polar surface area (TPSA) is 69.0 Å². The van der Waals surface area contributed by atoms with Crippen LogP contribution in [0.5, 0.6) is 5.75 Å². The summed E-state index contributed by atoms with van der Waals surface area (Å²) in [5.74, 6) is 1.97. The molecule has 0 bridgehead atoms. The number of benzene rings is 1. The average Bonchev–Trinajstić information content (AvgIpc) is 3.23. The summed E-state index contributed by atoms with van der Waals surface area (Å²) < 4.78 is 7.62. The number of carbonyl (C=O) groups excluding carboxylic acids is 1. The second-order valence-corrected chi connectivity index (χ2v) is 7.34. The lowest BCUT2D eigenvalue weighted by Crippen LogP contribution is -2.33. The zero-order valence-corrected chi connectivity index (χ0v) is 15.5. The van der Waals surface area contributed by atoms with Gasteiger partial charge in [0.15, 0.2) is 11.0 Å². The standard InChI is InChI=1S/C18H24N4O2S/c1-13-7-9-15(10-8-13)24-11-16-20-21-18(22(16)2)25-12-17(23)19-14-5-3-4-6-14/h7-10,14H,3-6,11-12H2,1-2H3,(H,19,23). The Morgan fingerprint density at radius 3 is 2.72 bits per heavy atom. The Morgan fingerprint density at radius 1 is 1.28 bits per heavy atom. The van der Waals surface area contributed by atoms with Crippen LogP contribution in [-0.4, -0.2) is 32.5 Å². The summed E-state index contributed by atoms with van der Waals surface area (Å²) in [6.45, 7) is 2.39. The van der Waals surface area contributed by atoms with E-state index in [0.29, 0.717) is 18.4 Å². The molecular weight excluding hydrogens is 336 g/mol. The van der Waals surface area contributed by atoms with Crippen molar-refractivity contribution in [3.05, 3.63) is 35.7 Å². The third kappa shape index (κ3) is 4.98. The van der Waals surface area contributed by atoms with Crippen LogP contribution in [0.15, 0.2) is 29.4 Å². The Bertz CT molecular complexity index is 708. The first-order valence-corrected chi connectivity index (χ1v) is 9.60. The lowest BCUT2D eigenvalue weighted by Gasteiger charge is -2.11. The molecule has 134 valence electrons. The van der Waals surface area contributed by atoms with E-state index in [1.807, 2.05) is 42.8 Å². The van der Waals surface area contributed by atoms with Gasteiger partial charge in [-0.2, -0.15) is 0 Å². The van der Waals surface area contributed by atoms with Crippen molar-refractivity contribution >= 4 is 17.7 Å². The van der Waals surface area contributed by atoms with Gasteiger partial charge >= 0.3 is 0 Å². The summed E-state index contributed by atoms with van der Waals surface area (Å²) >= 11 is 1.40. The predicted octanol–water partition coefficient (Wildman–Crippen LogP) is 2.85. The van der Waals surface area contributed by atoms with Gasteiger partial charge in [-0.15, -0.1) is 10.2 Å². The summed E-state index contributed by atoms with van der Waals surface area (Å²) in [5, 5.41) is 12.1. The molecule has 7 heteroatoms. The van der Waals surface area contributed by atoms with Crippen molar-refractivity contribution < 1.29 is 9.53 Å². The van der Waals surface area contributed by atoms with Gasteiger partial charge < -0.3 is 14.6 Å². The Balaban J connectivity index is 1.48. The van der Waals surface area contributed by atoms with Crippen LogP contribution in [0.2, 0.25) is 0 Å². The van der Waals surface area contributed by atoms with E-state index >= 15 is 0 Å². The molecule has 0 radical (unpaired) electrons. The van der Waals surface area contributed by atoms with E-state index in [2.05, 4.69) is 15.5 Å². The summed E-state index contributed by atoms with van der Waals surface area (Å²) in [6, 6.07) is 8.25. The van der Waals surface area contributed by atoms with E-state index in [-0.39, 0.29) is 5.91 Å². The van der Waals surface area contributed by atoms with Crippen molar-refractivity contribution in [3.63, 3.8) is 0 Å². The van der Waals surface area contributed by atoms with E-state index in [4.69, 9.17) is 4.74 Å². The molecule has 25 heavy (non-hydrogen) atoms. The first-order valence-electron chi connectivity index (χ1n) is 8.62. The molecule has 6 nitrogen and oxygen atoms in total. The van der Waals surface area contributed by atoms with E-state index in [1.54, 1.807) is 0 Å². The van der Waals surface area contributed by atoms with Crippen molar-refractivity contribution in [2.75, 3.05) is 5.75 Å². The van der Waals surface area contributed by atoms with Gasteiger partial charge in [0.25, 0.3) is 0 Å². The lowest BCUT2D eigenvalue weighted by atomic mass is 10.2. The number of carbonyl (C=O) groups is 1. The van der Waals surface area contributed by atoms with Gasteiger partial charge in [0, 0.05) is 13.1 Å². The molecule has 0 saturated heterocycles. The number of amides is 1. The average molecular weight is 360 g/mol.